The molecule has 7 heteroatoms. The number of nitrogens with one attached hydrogen (secondary N) is 1. The molecule has 0 spiro atoms. The number of carbonyl (C=O) groups excluding carboxylic acids is 1. The Balaban J connectivity index is 1.86. The maximum absolute atomic E-state index is 12.4. The number of nitriles is 1. The van der Waals surface area contributed by atoms with Gasteiger partial charge in [0.1, 0.15) is 17.4 Å². The van der Waals surface area contributed by atoms with Gasteiger partial charge in [-0.05, 0) is 66.7 Å². The number of amides is 1. The Hall–Kier alpha value is -4.31. The number of carbonyl (C=O) groups is 2. The van der Waals surface area contributed by atoms with Crippen molar-refractivity contribution in [2.75, 3.05) is 5.32 Å². The minimum atomic E-state index is -1.02. The number of phenols is 1. The van der Waals surface area contributed by atoms with E-state index in [0.29, 0.717) is 17.1 Å². The summed E-state index contributed by atoms with van der Waals surface area (Å²) in [5.74, 6) is -1.53. The first-order valence-electron chi connectivity index (χ1n) is 8.21. The SMILES string of the molecule is N#C/C(=C/c1cccn1-c1ccc(C(=O)O)cc1)C(=O)Nc1ccc(O)cc1. The minimum Gasteiger partial charge on any atom is -0.508 e. The molecule has 0 saturated carbocycles. The van der Waals surface area contributed by atoms with Crippen molar-refractivity contribution >= 4 is 23.6 Å². The molecule has 0 aliphatic heterocycles. The Kier molecular flexibility index (Phi) is 5.23. The van der Waals surface area contributed by atoms with Crippen molar-refractivity contribution in [3.63, 3.8) is 0 Å². The Morgan fingerprint density at radius 2 is 1.71 bits per heavy atom. The highest BCUT2D eigenvalue weighted by Gasteiger charge is 2.12. The fraction of sp³-hybridized carbons (Fsp3) is 0. The zero-order valence-electron chi connectivity index (χ0n) is 14.5. The van der Waals surface area contributed by atoms with Gasteiger partial charge in [-0.3, -0.25) is 4.79 Å². The molecule has 1 heterocycles. The van der Waals surface area contributed by atoms with Crippen LogP contribution in [-0.2, 0) is 4.79 Å². The normalized spacial score (nSPS) is 10.9. The molecule has 0 bridgehead atoms. The third kappa shape index (κ3) is 4.08. The van der Waals surface area contributed by atoms with Crippen LogP contribution in [0.5, 0.6) is 5.75 Å². The number of aromatic nitrogens is 1. The van der Waals surface area contributed by atoms with Crippen LogP contribution in [0.1, 0.15) is 16.1 Å². The average Bonchev–Trinajstić information content (AvgIpc) is 3.16. The van der Waals surface area contributed by atoms with Gasteiger partial charge in [-0.15, -0.1) is 0 Å². The number of anilines is 1. The van der Waals surface area contributed by atoms with Crippen molar-refractivity contribution in [1.82, 2.24) is 4.57 Å². The molecule has 1 amide bonds. The van der Waals surface area contributed by atoms with Crippen LogP contribution in [0.25, 0.3) is 11.8 Å². The Morgan fingerprint density at radius 3 is 2.32 bits per heavy atom. The molecule has 7 nitrogen and oxygen atoms in total. The number of aromatic carboxylic acids is 1. The maximum Gasteiger partial charge on any atom is 0.335 e. The summed E-state index contributed by atoms with van der Waals surface area (Å²) in [4.78, 5) is 23.4. The van der Waals surface area contributed by atoms with Crippen LogP contribution in [0.2, 0.25) is 0 Å². The lowest BCUT2D eigenvalue weighted by atomic mass is 10.2. The van der Waals surface area contributed by atoms with Crippen molar-refractivity contribution in [2.45, 2.75) is 0 Å². The van der Waals surface area contributed by atoms with Gasteiger partial charge in [0.05, 0.1) is 5.56 Å². The first-order valence-corrected chi connectivity index (χ1v) is 8.21. The quantitative estimate of drug-likeness (QED) is 0.360. The van der Waals surface area contributed by atoms with Gasteiger partial charge >= 0.3 is 5.97 Å². The van der Waals surface area contributed by atoms with Crippen molar-refractivity contribution in [3.05, 3.63) is 83.7 Å². The number of hydrogen-bond acceptors (Lipinski definition) is 4. The second-order valence-corrected chi connectivity index (χ2v) is 5.83. The number of benzene rings is 2. The molecular weight excluding hydrogens is 358 g/mol. The zero-order valence-corrected chi connectivity index (χ0v) is 14.5. The van der Waals surface area contributed by atoms with E-state index in [-0.39, 0.29) is 16.9 Å². The highest BCUT2D eigenvalue weighted by atomic mass is 16.4. The Bertz CT molecular complexity index is 1090. The number of carboxylic acid groups (broad SMARTS) is 1. The molecule has 0 atom stereocenters. The van der Waals surface area contributed by atoms with Gasteiger partial charge in [-0.1, -0.05) is 0 Å². The molecule has 3 aromatic rings. The molecule has 28 heavy (non-hydrogen) atoms. The molecular formula is C21H15N3O4. The van der Waals surface area contributed by atoms with E-state index >= 15 is 0 Å². The first kappa shape index (κ1) is 18.5. The second-order valence-electron chi connectivity index (χ2n) is 5.83. The van der Waals surface area contributed by atoms with Crippen molar-refractivity contribution < 1.29 is 19.8 Å². The predicted molar refractivity (Wildman–Crippen MR) is 103 cm³/mol. The minimum absolute atomic E-state index is 0.0702. The summed E-state index contributed by atoms with van der Waals surface area (Å²) in [6.45, 7) is 0. The first-order chi connectivity index (χ1) is 13.5. The van der Waals surface area contributed by atoms with Crippen LogP contribution in [0.4, 0.5) is 5.69 Å². The summed E-state index contributed by atoms with van der Waals surface area (Å²) in [6.07, 6.45) is 3.19. The van der Waals surface area contributed by atoms with Crippen LogP contribution in [0, 0.1) is 11.3 Å². The number of hydrogen-bond donors (Lipinski definition) is 3. The highest BCUT2D eigenvalue weighted by Crippen LogP contribution is 2.18. The lowest BCUT2D eigenvalue weighted by Gasteiger charge is -2.08. The summed E-state index contributed by atoms with van der Waals surface area (Å²) in [7, 11) is 0. The summed E-state index contributed by atoms with van der Waals surface area (Å²) in [5.41, 5.74) is 1.79. The largest absolute Gasteiger partial charge is 0.508 e. The molecule has 1 aromatic heterocycles. The highest BCUT2D eigenvalue weighted by molar-refractivity contribution is 6.09. The van der Waals surface area contributed by atoms with E-state index in [0.717, 1.165) is 0 Å². The van der Waals surface area contributed by atoms with Crippen molar-refractivity contribution in [3.8, 4) is 17.5 Å². The van der Waals surface area contributed by atoms with Crippen molar-refractivity contribution in [2.24, 2.45) is 0 Å². The van der Waals surface area contributed by atoms with E-state index in [9.17, 15) is 20.0 Å². The smallest absolute Gasteiger partial charge is 0.335 e. The maximum atomic E-state index is 12.4. The van der Waals surface area contributed by atoms with Crippen molar-refractivity contribution in [1.29, 1.82) is 5.26 Å². The standard InChI is InChI=1S/C21H15N3O4/c22-13-15(20(26)23-16-5-9-19(25)10-6-16)12-18-2-1-11-24(18)17-7-3-14(4-8-17)21(27)28/h1-12,25H,(H,23,26)(H,27,28)/b15-12-. The van der Waals surface area contributed by atoms with E-state index in [1.807, 2.05) is 6.07 Å². The van der Waals surface area contributed by atoms with Gasteiger partial charge in [0.15, 0.2) is 0 Å². The van der Waals surface area contributed by atoms with Crippen LogP contribution in [0.3, 0.4) is 0 Å². The number of aromatic hydroxyl groups is 1. The number of carboxylic acids is 1. The van der Waals surface area contributed by atoms with Crippen LogP contribution in [-0.4, -0.2) is 26.7 Å². The molecule has 3 N–H and O–H groups in total. The molecule has 138 valence electrons. The van der Waals surface area contributed by atoms with Gasteiger partial charge in [0.25, 0.3) is 5.91 Å². The summed E-state index contributed by atoms with van der Waals surface area (Å²) < 4.78 is 1.73. The molecule has 0 unspecified atom stereocenters. The predicted octanol–water partition coefficient (Wildman–Crippen LogP) is 3.43. The zero-order chi connectivity index (χ0) is 20.1. The fourth-order valence-electron chi connectivity index (χ4n) is 2.55. The third-order valence-corrected chi connectivity index (χ3v) is 3.96. The van der Waals surface area contributed by atoms with Gasteiger partial charge < -0.3 is 20.1 Å². The van der Waals surface area contributed by atoms with Gasteiger partial charge in [0, 0.05) is 23.3 Å². The lowest BCUT2D eigenvalue weighted by molar-refractivity contribution is -0.112. The van der Waals surface area contributed by atoms with E-state index in [1.165, 1.54) is 42.5 Å². The van der Waals surface area contributed by atoms with E-state index < -0.39 is 11.9 Å². The summed E-state index contributed by atoms with van der Waals surface area (Å²) >= 11 is 0. The second kappa shape index (κ2) is 7.93. The number of nitrogens with zero attached hydrogens (tertiary/aromatic N) is 2. The molecule has 0 aliphatic carbocycles. The molecule has 2 aromatic carbocycles. The van der Waals surface area contributed by atoms with E-state index in [4.69, 9.17) is 5.11 Å². The molecule has 0 radical (unpaired) electrons. The van der Waals surface area contributed by atoms with Crippen LogP contribution >= 0.6 is 0 Å². The number of rotatable bonds is 5. The third-order valence-electron chi connectivity index (χ3n) is 3.96. The summed E-state index contributed by atoms with van der Waals surface area (Å²) in [6, 6.07) is 17.5. The molecule has 0 saturated heterocycles. The molecule has 0 aliphatic rings. The summed E-state index contributed by atoms with van der Waals surface area (Å²) in [5, 5.41) is 30.3. The van der Waals surface area contributed by atoms with Crippen LogP contribution in [0.15, 0.2) is 72.4 Å². The average molecular weight is 373 g/mol. The molecule has 0 fully saturated rings. The number of phenolic OH excluding ortho intramolecular Hbond substituents is 1. The monoisotopic (exact) mass is 373 g/mol. The van der Waals surface area contributed by atoms with Gasteiger partial charge in [-0.2, -0.15) is 5.26 Å². The fourth-order valence-corrected chi connectivity index (χ4v) is 2.55. The van der Waals surface area contributed by atoms with Gasteiger partial charge in [0.2, 0.25) is 0 Å². The van der Waals surface area contributed by atoms with Gasteiger partial charge in [-0.25, -0.2) is 4.79 Å². The van der Waals surface area contributed by atoms with E-state index in [1.54, 1.807) is 35.0 Å². The lowest BCUT2D eigenvalue weighted by Crippen LogP contribution is -2.13. The Morgan fingerprint density at radius 1 is 1.04 bits per heavy atom. The van der Waals surface area contributed by atoms with Crippen LogP contribution < -0.4 is 5.32 Å². The topological polar surface area (TPSA) is 115 Å². The molecule has 3 rings (SSSR count). The van der Waals surface area contributed by atoms with E-state index in [2.05, 4.69) is 5.32 Å². The Labute approximate surface area is 160 Å².